The highest BCUT2D eigenvalue weighted by atomic mass is 16.4. The van der Waals surface area contributed by atoms with Crippen LogP contribution in [0.15, 0.2) is 30.3 Å². The van der Waals surface area contributed by atoms with Gasteiger partial charge in [0.1, 0.15) is 18.1 Å². The van der Waals surface area contributed by atoms with Gasteiger partial charge >= 0.3 is 5.97 Å². The summed E-state index contributed by atoms with van der Waals surface area (Å²) in [6.07, 6.45) is 2.05. The van der Waals surface area contributed by atoms with Crippen molar-refractivity contribution >= 4 is 23.7 Å². The van der Waals surface area contributed by atoms with E-state index in [0.29, 0.717) is 25.8 Å². The monoisotopic (exact) mass is 493 g/mol. The van der Waals surface area contributed by atoms with E-state index in [1.54, 1.807) is 24.3 Å². The van der Waals surface area contributed by atoms with Gasteiger partial charge in [0.25, 0.3) is 0 Å². The van der Waals surface area contributed by atoms with E-state index in [2.05, 4.69) is 16.0 Å². The molecule has 0 saturated carbocycles. The lowest BCUT2D eigenvalue weighted by Gasteiger charge is -2.25. The Hall–Kier alpha value is -3.02. The van der Waals surface area contributed by atoms with Crippen molar-refractivity contribution in [2.75, 3.05) is 13.2 Å². The Morgan fingerprint density at radius 2 is 1.49 bits per heavy atom. The maximum absolute atomic E-state index is 13.1. The third-order valence-corrected chi connectivity index (χ3v) is 5.85. The van der Waals surface area contributed by atoms with Crippen molar-refractivity contribution < 1.29 is 29.4 Å². The van der Waals surface area contributed by atoms with Gasteiger partial charge in [-0.05, 0) is 37.3 Å². The summed E-state index contributed by atoms with van der Waals surface area (Å²) in [4.78, 5) is 49.8. The number of hydrogen-bond acceptors (Lipinski definition) is 7. The molecule has 0 aromatic heterocycles. The lowest BCUT2D eigenvalue weighted by atomic mass is 9.98. The van der Waals surface area contributed by atoms with E-state index >= 15 is 0 Å². The number of benzene rings is 1. The molecule has 5 unspecified atom stereocenters. The number of amides is 3. The van der Waals surface area contributed by atoms with E-state index in [-0.39, 0.29) is 18.8 Å². The minimum absolute atomic E-state index is 0.112. The summed E-state index contributed by atoms with van der Waals surface area (Å²) in [5, 5.41) is 26.5. The molecule has 1 rings (SSSR count). The fourth-order valence-corrected chi connectivity index (χ4v) is 3.33. The number of rotatable bonds is 16. The van der Waals surface area contributed by atoms with Crippen molar-refractivity contribution in [1.82, 2.24) is 16.0 Å². The molecule has 3 amide bonds. The van der Waals surface area contributed by atoms with Gasteiger partial charge in [0.2, 0.25) is 17.7 Å². The predicted molar refractivity (Wildman–Crippen MR) is 131 cm³/mol. The molecule has 11 nitrogen and oxygen atoms in total. The fraction of sp³-hybridized carbons (Fsp3) is 0.583. The van der Waals surface area contributed by atoms with Gasteiger partial charge in [0, 0.05) is 6.42 Å². The highest BCUT2D eigenvalue weighted by Gasteiger charge is 2.30. The summed E-state index contributed by atoms with van der Waals surface area (Å²) in [5.74, 6) is -3.40. The number of carboxylic acid groups (broad SMARTS) is 1. The number of carboxylic acids is 1. The Balaban J connectivity index is 2.95. The Kier molecular flexibility index (Phi) is 13.5. The smallest absolute Gasteiger partial charge is 0.326 e. The molecule has 0 saturated heterocycles. The molecule has 0 radical (unpaired) electrons. The Bertz CT molecular complexity index is 822. The number of aliphatic hydroxyl groups is 1. The van der Waals surface area contributed by atoms with Crippen molar-refractivity contribution in [2.45, 2.75) is 70.1 Å². The van der Waals surface area contributed by atoms with Gasteiger partial charge in [-0.25, -0.2) is 4.79 Å². The van der Waals surface area contributed by atoms with Gasteiger partial charge < -0.3 is 37.6 Å². The molecule has 0 aliphatic heterocycles. The maximum Gasteiger partial charge on any atom is 0.326 e. The minimum atomic E-state index is -1.41. The zero-order valence-corrected chi connectivity index (χ0v) is 20.4. The second-order valence-corrected chi connectivity index (χ2v) is 8.59. The van der Waals surface area contributed by atoms with Gasteiger partial charge in [-0.2, -0.15) is 0 Å². The van der Waals surface area contributed by atoms with Crippen LogP contribution in [0.25, 0.3) is 0 Å². The number of hydrogen-bond donors (Lipinski definition) is 7. The third-order valence-electron chi connectivity index (χ3n) is 5.85. The lowest BCUT2D eigenvalue weighted by Crippen LogP contribution is -2.59. The first-order valence-corrected chi connectivity index (χ1v) is 11.9. The molecule has 0 bridgehead atoms. The summed E-state index contributed by atoms with van der Waals surface area (Å²) < 4.78 is 0. The number of nitrogens with two attached hydrogens (primary N) is 2. The normalized spacial score (nSPS) is 15.2. The van der Waals surface area contributed by atoms with Gasteiger partial charge in [-0.3, -0.25) is 14.4 Å². The average Bonchev–Trinajstić information content (AvgIpc) is 2.85. The van der Waals surface area contributed by atoms with E-state index in [1.165, 1.54) is 0 Å². The largest absolute Gasteiger partial charge is 0.480 e. The molecular formula is C24H39N5O6. The molecule has 0 spiro atoms. The summed E-state index contributed by atoms with van der Waals surface area (Å²) in [6, 6.07) is 4.48. The van der Waals surface area contributed by atoms with E-state index in [9.17, 15) is 29.4 Å². The Morgan fingerprint density at radius 3 is 2.03 bits per heavy atom. The molecular weight excluding hydrogens is 454 g/mol. The van der Waals surface area contributed by atoms with Crippen molar-refractivity contribution in [2.24, 2.45) is 17.4 Å². The number of unbranched alkanes of at least 4 members (excludes halogenated alkanes) is 1. The second-order valence-electron chi connectivity index (χ2n) is 8.59. The third kappa shape index (κ3) is 10.4. The first-order chi connectivity index (χ1) is 16.6. The molecule has 0 fully saturated rings. The van der Waals surface area contributed by atoms with Crippen LogP contribution in [0.1, 0.15) is 45.1 Å². The molecule has 5 atom stereocenters. The molecule has 0 aliphatic rings. The molecule has 11 heteroatoms. The second kappa shape index (κ2) is 15.8. The summed E-state index contributed by atoms with van der Waals surface area (Å²) in [5.41, 5.74) is 12.2. The number of carbonyl (C=O) groups excluding carboxylic acids is 3. The molecule has 196 valence electrons. The standard InChI is InChI=1S/C24H39N5O6/c1-3-15(2)20(26)23(33)28-18(13-16-9-5-4-6-10-16)21(31)29-19(14-30)22(32)27-17(24(34)35)11-7-8-12-25/h4-6,9-10,15,17-20,30H,3,7-8,11-14,25-26H2,1-2H3,(H,27,32)(H,28,33)(H,29,31)(H,34,35). The molecule has 1 aromatic carbocycles. The van der Waals surface area contributed by atoms with Crippen molar-refractivity contribution in [3.05, 3.63) is 35.9 Å². The summed E-state index contributed by atoms with van der Waals surface area (Å²) in [6.45, 7) is 3.36. The predicted octanol–water partition coefficient (Wildman–Crippen LogP) is -0.737. The van der Waals surface area contributed by atoms with Crippen LogP contribution in [0.3, 0.4) is 0 Å². The van der Waals surface area contributed by atoms with Crippen LogP contribution in [0.4, 0.5) is 0 Å². The van der Waals surface area contributed by atoms with Crippen LogP contribution in [-0.4, -0.2) is 71.2 Å². The Morgan fingerprint density at radius 1 is 0.914 bits per heavy atom. The van der Waals surface area contributed by atoms with Crippen LogP contribution in [-0.2, 0) is 25.6 Å². The van der Waals surface area contributed by atoms with Crippen molar-refractivity contribution in [1.29, 1.82) is 0 Å². The summed E-state index contributed by atoms with van der Waals surface area (Å²) in [7, 11) is 0. The topological polar surface area (TPSA) is 197 Å². The van der Waals surface area contributed by atoms with E-state index in [1.807, 2.05) is 19.9 Å². The van der Waals surface area contributed by atoms with Crippen molar-refractivity contribution in [3.63, 3.8) is 0 Å². The lowest BCUT2D eigenvalue weighted by molar-refractivity contribution is -0.142. The van der Waals surface area contributed by atoms with Gasteiger partial charge in [0.15, 0.2) is 0 Å². The molecule has 0 heterocycles. The van der Waals surface area contributed by atoms with E-state index in [0.717, 1.165) is 5.56 Å². The van der Waals surface area contributed by atoms with Crippen molar-refractivity contribution in [3.8, 4) is 0 Å². The average molecular weight is 494 g/mol. The first kappa shape index (κ1) is 30.0. The van der Waals surface area contributed by atoms with Gasteiger partial charge in [-0.1, -0.05) is 50.6 Å². The minimum Gasteiger partial charge on any atom is -0.480 e. The zero-order valence-electron chi connectivity index (χ0n) is 20.4. The molecule has 1 aromatic rings. The molecule has 9 N–H and O–H groups in total. The number of aliphatic hydroxyl groups excluding tert-OH is 1. The molecule has 35 heavy (non-hydrogen) atoms. The number of carbonyl (C=O) groups is 4. The SMILES string of the molecule is CCC(C)C(N)C(=O)NC(Cc1ccccc1)C(=O)NC(CO)C(=O)NC(CCCCN)C(=O)O. The number of aliphatic carboxylic acids is 1. The van der Waals surface area contributed by atoms with Crippen LogP contribution in [0.2, 0.25) is 0 Å². The first-order valence-electron chi connectivity index (χ1n) is 11.9. The van der Waals surface area contributed by atoms with Gasteiger partial charge in [0.05, 0.1) is 12.6 Å². The Labute approximate surface area is 206 Å². The maximum atomic E-state index is 13.1. The zero-order chi connectivity index (χ0) is 26.4. The highest BCUT2D eigenvalue weighted by molar-refractivity contribution is 5.94. The summed E-state index contributed by atoms with van der Waals surface area (Å²) >= 11 is 0. The van der Waals surface area contributed by atoms with Crippen LogP contribution < -0.4 is 27.4 Å². The molecule has 0 aliphatic carbocycles. The number of nitrogens with one attached hydrogen (secondary N) is 3. The highest BCUT2D eigenvalue weighted by Crippen LogP contribution is 2.08. The van der Waals surface area contributed by atoms with Crippen LogP contribution >= 0.6 is 0 Å². The van der Waals surface area contributed by atoms with Crippen LogP contribution in [0, 0.1) is 5.92 Å². The van der Waals surface area contributed by atoms with Crippen LogP contribution in [0.5, 0.6) is 0 Å². The van der Waals surface area contributed by atoms with Gasteiger partial charge in [-0.15, -0.1) is 0 Å². The van der Waals surface area contributed by atoms with E-state index < -0.39 is 54.5 Å². The quantitative estimate of drug-likeness (QED) is 0.146. The van der Waals surface area contributed by atoms with E-state index in [4.69, 9.17) is 11.5 Å². The fourth-order valence-electron chi connectivity index (χ4n) is 3.33.